The normalized spacial score (nSPS) is 10.5. The summed E-state index contributed by atoms with van der Waals surface area (Å²) < 4.78 is 7.04. The second kappa shape index (κ2) is 6.27. The van der Waals surface area contributed by atoms with Crippen molar-refractivity contribution in [1.29, 1.82) is 0 Å². The number of hydrogen-bond donors (Lipinski definition) is 0. The van der Waals surface area contributed by atoms with Crippen molar-refractivity contribution in [1.82, 2.24) is 0 Å². The number of rotatable bonds is 4. The third-order valence-electron chi connectivity index (χ3n) is 2.40. The maximum absolute atomic E-state index is 12.3. The Morgan fingerprint density at radius 3 is 2.63 bits per heavy atom. The van der Waals surface area contributed by atoms with Gasteiger partial charge in [-0.05, 0) is 47.1 Å². The maximum atomic E-state index is 12.3. The number of thiophene rings is 1. The van der Waals surface area contributed by atoms with Crippen molar-refractivity contribution in [2.24, 2.45) is 0 Å². The molecule has 0 radical (unpaired) electrons. The maximum Gasteiger partial charge on any atom is 0.195 e. The molecule has 1 aromatic carbocycles. The second-order valence-corrected chi connectivity index (χ2v) is 6.79. The summed E-state index contributed by atoms with van der Waals surface area (Å²) in [4.78, 5) is 12.3. The van der Waals surface area contributed by atoms with Crippen LogP contribution in [0.4, 0.5) is 0 Å². The molecule has 2 aromatic rings. The minimum atomic E-state index is -0.156. The number of hydrogen-bond acceptors (Lipinski definition) is 3. The summed E-state index contributed by atoms with van der Waals surface area (Å²) in [6, 6.07) is 6.76. The van der Waals surface area contributed by atoms with Gasteiger partial charge in [0.15, 0.2) is 5.78 Å². The Balaban J connectivity index is 2.34. The lowest BCUT2D eigenvalue weighted by Gasteiger charge is -2.07. The Labute approximate surface area is 133 Å². The topological polar surface area (TPSA) is 26.3 Å². The summed E-state index contributed by atoms with van der Waals surface area (Å²) in [7, 11) is 0. The number of carbonyl (C=O) groups excluding carboxylic acids is 1. The van der Waals surface area contributed by atoms with Crippen LogP contribution >= 0.6 is 50.5 Å². The van der Waals surface area contributed by atoms with Crippen molar-refractivity contribution in [3.05, 3.63) is 48.5 Å². The highest BCUT2D eigenvalue weighted by molar-refractivity contribution is 9.10. The summed E-state index contributed by atoms with van der Waals surface area (Å²) in [5, 5.41) is 0. The Hall–Kier alpha value is -0.550. The monoisotopic (exact) mass is 378 g/mol. The summed E-state index contributed by atoms with van der Waals surface area (Å²) in [5.74, 6) is 0.547. The van der Waals surface area contributed by atoms with Crippen molar-refractivity contribution < 1.29 is 9.53 Å². The molecule has 1 aromatic heterocycles. The van der Waals surface area contributed by atoms with Gasteiger partial charge in [0.1, 0.15) is 10.1 Å². The molecule has 0 fully saturated rings. The molecule has 6 heteroatoms. The van der Waals surface area contributed by atoms with Crippen LogP contribution < -0.4 is 4.74 Å². The fraction of sp³-hybridized carbons (Fsp3) is 0.154. The molecule has 0 saturated heterocycles. The molecule has 0 spiro atoms. The van der Waals surface area contributed by atoms with E-state index in [1.807, 2.05) is 6.92 Å². The lowest BCUT2D eigenvalue weighted by atomic mass is 10.1. The fourth-order valence-electron chi connectivity index (χ4n) is 1.57. The summed E-state index contributed by atoms with van der Waals surface area (Å²) in [6.45, 7) is 2.47. The Morgan fingerprint density at radius 2 is 2.11 bits per heavy atom. The highest BCUT2D eigenvalue weighted by Gasteiger charge is 2.17. The van der Waals surface area contributed by atoms with E-state index in [1.54, 1.807) is 24.3 Å². The Morgan fingerprint density at radius 1 is 1.37 bits per heavy atom. The second-order valence-electron chi connectivity index (χ2n) is 3.65. The smallest absolute Gasteiger partial charge is 0.195 e. The first-order valence-corrected chi connectivity index (χ1v) is 7.81. The van der Waals surface area contributed by atoms with Gasteiger partial charge in [-0.25, -0.2) is 0 Å². The number of ketones is 1. The zero-order valence-corrected chi connectivity index (χ0v) is 13.8. The third kappa shape index (κ3) is 3.31. The average molecular weight is 380 g/mol. The van der Waals surface area contributed by atoms with Crippen LogP contribution in [0.3, 0.4) is 0 Å². The molecular formula is C13H9BrCl2O2S. The standard InChI is InChI=1S/C13H9BrCl2O2S/c1-2-18-10-4-3-7(5-9(10)14)12(17)8-6-11(15)19-13(8)16/h3-6H,2H2,1H3. The minimum Gasteiger partial charge on any atom is -0.493 e. The van der Waals surface area contributed by atoms with E-state index in [0.29, 0.717) is 32.2 Å². The number of halogens is 3. The Kier molecular flexibility index (Phi) is 4.90. The lowest BCUT2D eigenvalue weighted by Crippen LogP contribution is -2.01. The van der Waals surface area contributed by atoms with Gasteiger partial charge in [-0.15, -0.1) is 11.3 Å². The molecule has 0 unspecified atom stereocenters. The van der Waals surface area contributed by atoms with E-state index in [2.05, 4.69) is 15.9 Å². The number of benzene rings is 1. The molecule has 0 aliphatic rings. The molecule has 0 aliphatic carbocycles. The fourth-order valence-corrected chi connectivity index (χ4v) is 3.52. The van der Waals surface area contributed by atoms with Gasteiger partial charge in [0.25, 0.3) is 0 Å². The van der Waals surface area contributed by atoms with Gasteiger partial charge < -0.3 is 4.74 Å². The molecule has 2 nitrogen and oxygen atoms in total. The van der Waals surface area contributed by atoms with Gasteiger partial charge in [-0.3, -0.25) is 4.79 Å². The van der Waals surface area contributed by atoms with Gasteiger partial charge in [0, 0.05) is 5.56 Å². The van der Waals surface area contributed by atoms with Crippen molar-refractivity contribution in [2.75, 3.05) is 6.61 Å². The molecule has 0 aliphatic heterocycles. The summed E-state index contributed by atoms with van der Waals surface area (Å²) in [5.41, 5.74) is 0.958. The van der Waals surface area contributed by atoms with E-state index < -0.39 is 0 Å². The first-order valence-electron chi connectivity index (χ1n) is 5.44. The van der Waals surface area contributed by atoms with Crippen LogP contribution in [-0.4, -0.2) is 12.4 Å². The molecule has 0 amide bonds. The van der Waals surface area contributed by atoms with Gasteiger partial charge in [0.2, 0.25) is 0 Å². The van der Waals surface area contributed by atoms with Gasteiger partial charge in [-0.1, -0.05) is 23.2 Å². The van der Waals surface area contributed by atoms with E-state index in [1.165, 1.54) is 11.3 Å². The number of ether oxygens (including phenoxy) is 1. The molecule has 0 N–H and O–H groups in total. The summed E-state index contributed by atoms with van der Waals surface area (Å²) in [6.07, 6.45) is 0. The highest BCUT2D eigenvalue weighted by atomic mass is 79.9. The number of carbonyl (C=O) groups is 1. The third-order valence-corrected chi connectivity index (χ3v) is 4.50. The van der Waals surface area contributed by atoms with E-state index >= 15 is 0 Å². The zero-order chi connectivity index (χ0) is 14.0. The van der Waals surface area contributed by atoms with Crippen LogP contribution in [0.2, 0.25) is 8.67 Å². The van der Waals surface area contributed by atoms with Gasteiger partial charge in [0.05, 0.1) is 21.0 Å². The van der Waals surface area contributed by atoms with Crippen molar-refractivity contribution >= 4 is 56.3 Å². The molecule has 100 valence electrons. The first kappa shape index (κ1) is 14.9. The molecule has 0 bridgehead atoms. The molecule has 2 rings (SSSR count). The zero-order valence-electron chi connectivity index (χ0n) is 9.88. The van der Waals surface area contributed by atoms with E-state index in [4.69, 9.17) is 27.9 Å². The SMILES string of the molecule is CCOc1ccc(C(=O)c2cc(Cl)sc2Cl)cc1Br. The molecule has 0 saturated carbocycles. The van der Waals surface area contributed by atoms with E-state index in [-0.39, 0.29) is 5.78 Å². The lowest BCUT2D eigenvalue weighted by molar-refractivity contribution is 0.103. The van der Waals surface area contributed by atoms with Crippen LogP contribution in [0.1, 0.15) is 22.8 Å². The quantitative estimate of drug-likeness (QED) is 0.660. The Bertz CT molecular complexity index is 625. The molecule has 1 heterocycles. The van der Waals surface area contributed by atoms with Crippen LogP contribution in [-0.2, 0) is 0 Å². The average Bonchev–Trinajstić information content (AvgIpc) is 2.70. The molecule has 0 atom stereocenters. The van der Waals surface area contributed by atoms with Gasteiger partial charge in [-0.2, -0.15) is 0 Å². The van der Waals surface area contributed by atoms with E-state index in [9.17, 15) is 4.79 Å². The first-order chi connectivity index (χ1) is 9.02. The predicted molar refractivity (Wildman–Crippen MR) is 83.1 cm³/mol. The van der Waals surface area contributed by atoms with Gasteiger partial charge >= 0.3 is 0 Å². The molecular weight excluding hydrogens is 371 g/mol. The van der Waals surface area contributed by atoms with E-state index in [0.717, 1.165) is 4.47 Å². The predicted octanol–water partition coefficient (Wildman–Crippen LogP) is 5.45. The molecule has 19 heavy (non-hydrogen) atoms. The minimum absolute atomic E-state index is 0.156. The summed E-state index contributed by atoms with van der Waals surface area (Å²) >= 11 is 16.4. The van der Waals surface area contributed by atoms with Crippen LogP contribution in [0.25, 0.3) is 0 Å². The van der Waals surface area contributed by atoms with Crippen molar-refractivity contribution in [2.45, 2.75) is 6.92 Å². The van der Waals surface area contributed by atoms with Crippen LogP contribution in [0.15, 0.2) is 28.7 Å². The van der Waals surface area contributed by atoms with Crippen LogP contribution in [0.5, 0.6) is 5.75 Å². The largest absolute Gasteiger partial charge is 0.493 e. The van der Waals surface area contributed by atoms with Crippen LogP contribution in [0, 0.1) is 0 Å². The highest BCUT2D eigenvalue weighted by Crippen LogP contribution is 2.34. The van der Waals surface area contributed by atoms with Crippen molar-refractivity contribution in [3.8, 4) is 5.75 Å². The van der Waals surface area contributed by atoms with Crippen molar-refractivity contribution in [3.63, 3.8) is 0 Å².